The Morgan fingerprint density at radius 1 is 1.75 bits per heavy atom. The smallest absolute Gasteiger partial charge is 0.312 e. The van der Waals surface area contributed by atoms with Crippen LogP contribution >= 0.6 is 8.60 Å². The van der Waals surface area contributed by atoms with Crippen LogP contribution in [0.2, 0.25) is 0 Å². The zero-order valence-corrected chi connectivity index (χ0v) is 8.26. The predicted octanol–water partition coefficient (Wildman–Crippen LogP) is 2.63. The summed E-state index contributed by atoms with van der Waals surface area (Å²) in [6, 6.07) is 0. The first-order valence-corrected chi connectivity index (χ1v) is 5.30. The minimum absolute atomic E-state index is 0.315. The molecular weight excluding hydrogens is 175 g/mol. The van der Waals surface area contributed by atoms with Crippen LogP contribution in [0.3, 0.4) is 0 Å². The average molecular weight is 190 g/mol. The first-order valence-electron chi connectivity index (χ1n) is 4.20. The van der Waals surface area contributed by atoms with Crippen LogP contribution in [0.4, 0.5) is 0 Å². The van der Waals surface area contributed by atoms with Gasteiger partial charge in [-0.2, -0.15) is 0 Å². The van der Waals surface area contributed by atoms with E-state index in [1.54, 1.807) is 6.08 Å². The molecule has 0 saturated carbocycles. The highest BCUT2D eigenvalue weighted by molar-refractivity contribution is 7.41. The van der Waals surface area contributed by atoms with Gasteiger partial charge in [0.05, 0.1) is 19.3 Å². The van der Waals surface area contributed by atoms with Gasteiger partial charge in [-0.15, -0.1) is 6.58 Å². The van der Waals surface area contributed by atoms with Crippen LogP contribution in [0, 0.1) is 0 Å². The molecule has 1 rings (SSSR count). The lowest BCUT2D eigenvalue weighted by atomic mass is 10.2. The summed E-state index contributed by atoms with van der Waals surface area (Å²) in [5.74, 6) is 0. The van der Waals surface area contributed by atoms with Gasteiger partial charge in [0, 0.05) is 0 Å². The molecule has 3 nitrogen and oxygen atoms in total. The second kappa shape index (κ2) is 5.65. The lowest BCUT2D eigenvalue weighted by molar-refractivity contribution is 0.0640. The summed E-state index contributed by atoms with van der Waals surface area (Å²) in [6.07, 6.45) is 4.02. The van der Waals surface area contributed by atoms with Crippen LogP contribution in [0.25, 0.3) is 0 Å². The van der Waals surface area contributed by atoms with Crippen molar-refractivity contribution in [3.8, 4) is 0 Å². The minimum atomic E-state index is -1.09. The molecule has 2 atom stereocenters. The Balaban J connectivity index is 2.20. The van der Waals surface area contributed by atoms with Crippen molar-refractivity contribution in [1.82, 2.24) is 0 Å². The fourth-order valence-corrected chi connectivity index (χ4v) is 2.10. The number of hydrogen-bond donors (Lipinski definition) is 0. The fourth-order valence-electron chi connectivity index (χ4n) is 0.923. The summed E-state index contributed by atoms with van der Waals surface area (Å²) >= 11 is 0. The van der Waals surface area contributed by atoms with Gasteiger partial charge in [0.2, 0.25) is 0 Å². The molecule has 2 unspecified atom stereocenters. The van der Waals surface area contributed by atoms with Gasteiger partial charge >= 0.3 is 8.60 Å². The Hall–Kier alpha value is 0.0500. The van der Waals surface area contributed by atoms with Crippen LogP contribution in [0.1, 0.15) is 19.8 Å². The van der Waals surface area contributed by atoms with Gasteiger partial charge in [0.1, 0.15) is 0 Å². The number of rotatable bonds is 4. The zero-order valence-electron chi connectivity index (χ0n) is 7.36. The second-order valence-corrected chi connectivity index (χ2v) is 3.74. The SMILES string of the molecule is C=CCOP1OCCC(CC)O1. The fraction of sp³-hybridized carbons (Fsp3) is 0.750. The number of hydrogen-bond acceptors (Lipinski definition) is 3. The Bertz CT molecular complexity index is 140. The maximum atomic E-state index is 5.51. The molecule has 0 amide bonds. The summed E-state index contributed by atoms with van der Waals surface area (Å²) in [5.41, 5.74) is 0. The van der Waals surface area contributed by atoms with E-state index in [-0.39, 0.29) is 0 Å². The molecule has 0 aromatic carbocycles. The Morgan fingerprint density at radius 3 is 3.25 bits per heavy atom. The molecule has 0 radical (unpaired) electrons. The molecular formula is C8H15O3P. The van der Waals surface area contributed by atoms with Crippen molar-refractivity contribution in [3.63, 3.8) is 0 Å². The summed E-state index contributed by atoms with van der Waals surface area (Å²) in [7, 11) is -1.09. The highest BCUT2D eigenvalue weighted by Crippen LogP contribution is 2.45. The molecule has 0 N–H and O–H groups in total. The van der Waals surface area contributed by atoms with Crippen molar-refractivity contribution in [2.24, 2.45) is 0 Å². The third kappa shape index (κ3) is 3.20. The molecule has 0 aromatic heterocycles. The van der Waals surface area contributed by atoms with Crippen LogP contribution in [0.5, 0.6) is 0 Å². The van der Waals surface area contributed by atoms with Crippen molar-refractivity contribution in [2.45, 2.75) is 25.9 Å². The van der Waals surface area contributed by atoms with Gasteiger partial charge in [-0.3, -0.25) is 0 Å². The predicted molar refractivity (Wildman–Crippen MR) is 48.8 cm³/mol. The normalized spacial score (nSPS) is 30.1. The summed E-state index contributed by atoms with van der Waals surface area (Å²) in [6.45, 7) is 6.92. The topological polar surface area (TPSA) is 27.7 Å². The third-order valence-corrected chi connectivity index (χ3v) is 2.85. The van der Waals surface area contributed by atoms with Crippen molar-refractivity contribution < 1.29 is 13.6 Å². The van der Waals surface area contributed by atoms with E-state index < -0.39 is 8.60 Å². The molecule has 4 heteroatoms. The van der Waals surface area contributed by atoms with Gasteiger partial charge < -0.3 is 13.6 Å². The van der Waals surface area contributed by atoms with E-state index in [1.807, 2.05) is 0 Å². The quantitative estimate of drug-likeness (QED) is 0.503. The molecule has 1 saturated heterocycles. The molecule has 12 heavy (non-hydrogen) atoms. The van der Waals surface area contributed by atoms with Crippen molar-refractivity contribution in [3.05, 3.63) is 12.7 Å². The van der Waals surface area contributed by atoms with E-state index in [0.29, 0.717) is 12.7 Å². The maximum Gasteiger partial charge on any atom is 0.333 e. The highest BCUT2D eigenvalue weighted by atomic mass is 31.2. The maximum absolute atomic E-state index is 5.51. The first kappa shape index (κ1) is 10.1. The molecule has 0 aromatic rings. The molecule has 70 valence electrons. The van der Waals surface area contributed by atoms with E-state index in [4.69, 9.17) is 13.6 Å². The Morgan fingerprint density at radius 2 is 2.58 bits per heavy atom. The highest BCUT2D eigenvalue weighted by Gasteiger charge is 2.23. The van der Waals surface area contributed by atoms with Crippen molar-refractivity contribution >= 4 is 8.60 Å². The van der Waals surface area contributed by atoms with E-state index in [9.17, 15) is 0 Å². The molecule has 0 spiro atoms. The molecule has 1 fully saturated rings. The van der Waals surface area contributed by atoms with Gasteiger partial charge in [-0.25, -0.2) is 0 Å². The Kier molecular flexibility index (Phi) is 4.77. The van der Waals surface area contributed by atoms with Crippen LogP contribution < -0.4 is 0 Å². The van der Waals surface area contributed by atoms with Crippen LogP contribution in [0.15, 0.2) is 12.7 Å². The molecule has 0 aliphatic carbocycles. The van der Waals surface area contributed by atoms with Crippen molar-refractivity contribution in [2.75, 3.05) is 13.2 Å². The summed E-state index contributed by atoms with van der Waals surface area (Å²) in [4.78, 5) is 0. The lowest BCUT2D eigenvalue weighted by Crippen LogP contribution is -2.18. The standard InChI is InChI=1S/C8H15O3P/c1-3-6-9-12-10-7-5-8(4-2)11-12/h3,8H,1,4-7H2,2H3. The van der Waals surface area contributed by atoms with Gasteiger partial charge in [0.25, 0.3) is 0 Å². The summed E-state index contributed by atoms with van der Waals surface area (Å²) in [5, 5.41) is 0. The van der Waals surface area contributed by atoms with E-state index in [1.165, 1.54) is 0 Å². The monoisotopic (exact) mass is 190 g/mol. The second-order valence-electron chi connectivity index (χ2n) is 2.57. The van der Waals surface area contributed by atoms with E-state index in [0.717, 1.165) is 19.4 Å². The first-order chi connectivity index (χ1) is 5.86. The van der Waals surface area contributed by atoms with Crippen LogP contribution in [-0.2, 0) is 13.6 Å². The largest absolute Gasteiger partial charge is 0.333 e. The van der Waals surface area contributed by atoms with Gasteiger partial charge in [0.15, 0.2) is 0 Å². The van der Waals surface area contributed by atoms with Crippen molar-refractivity contribution in [1.29, 1.82) is 0 Å². The van der Waals surface area contributed by atoms with Crippen LogP contribution in [-0.4, -0.2) is 19.3 Å². The third-order valence-electron chi connectivity index (χ3n) is 1.62. The minimum Gasteiger partial charge on any atom is -0.312 e. The van der Waals surface area contributed by atoms with E-state index in [2.05, 4.69) is 13.5 Å². The van der Waals surface area contributed by atoms with E-state index >= 15 is 0 Å². The summed E-state index contributed by atoms with van der Waals surface area (Å²) < 4.78 is 16.1. The molecule has 1 aliphatic rings. The zero-order chi connectivity index (χ0) is 8.81. The Labute approximate surface area is 74.7 Å². The average Bonchev–Trinajstić information content (AvgIpc) is 2.15. The lowest BCUT2D eigenvalue weighted by Gasteiger charge is -2.26. The molecule has 1 aliphatic heterocycles. The van der Waals surface area contributed by atoms with Gasteiger partial charge in [-0.1, -0.05) is 13.0 Å². The molecule has 1 heterocycles. The van der Waals surface area contributed by atoms with Gasteiger partial charge in [-0.05, 0) is 12.8 Å². The molecule has 0 bridgehead atoms.